The summed E-state index contributed by atoms with van der Waals surface area (Å²) < 4.78 is 0. The van der Waals surface area contributed by atoms with Crippen molar-refractivity contribution in [3.8, 4) is 0 Å². The summed E-state index contributed by atoms with van der Waals surface area (Å²) in [6.45, 7) is 16.1. The smallest absolute Gasteiger partial charge is 0.317 e. The molecule has 1 unspecified atom stereocenters. The number of hydrogen-bond acceptors (Lipinski definition) is 8. The monoisotopic (exact) mass is 721 g/mol. The Bertz CT molecular complexity index is 1260. The first-order valence-corrected chi connectivity index (χ1v) is 17.7. The molecule has 0 radical (unpaired) electrons. The first-order valence-electron chi connectivity index (χ1n) is 17.7. The van der Waals surface area contributed by atoms with Crippen molar-refractivity contribution in [1.82, 2.24) is 34.7 Å². The second kappa shape index (κ2) is 18.5. The van der Waals surface area contributed by atoms with Gasteiger partial charge in [-0.3, -0.25) is 43.4 Å². The highest BCUT2D eigenvalue weighted by Crippen LogP contribution is 2.46. The lowest BCUT2D eigenvalue weighted by molar-refractivity contribution is -0.140. The SMILES string of the molecule is CC1CCC(=O)N1C.CN1C(=O)C(C)(C)C(C)(C)C1=O.CN1C(=O)CCC1(C)C.CN1C(=O)CCC1=O.CN1CCCC1=O.CN1CCNC1=O. The van der Waals surface area contributed by atoms with Gasteiger partial charge in [-0.2, -0.15) is 0 Å². The minimum atomic E-state index is -0.571. The van der Waals surface area contributed by atoms with Crippen LogP contribution < -0.4 is 5.32 Å². The van der Waals surface area contributed by atoms with E-state index in [1.54, 1.807) is 28.8 Å². The molecule has 0 aromatic carbocycles. The van der Waals surface area contributed by atoms with Gasteiger partial charge in [-0.05, 0) is 67.7 Å². The van der Waals surface area contributed by atoms with Gasteiger partial charge in [0.15, 0.2) is 0 Å². The van der Waals surface area contributed by atoms with E-state index in [-0.39, 0.29) is 47.0 Å². The molecule has 6 aliphatic rings. The van der Waals surface area contributed by atoms with Gasteiger partial charge in [0.05, 0.1) is 10.8 Å². The molecule has 9 amide bonds. The highest BCUT2D eigenvalue weighted by Gasteiger charge is 2.57. The third-order valence-electron chi connectivity index (χ3n) is 11.0. The van der Waals surface area contributed by atoms with Crippen LogP contribution in [0.2, 0.25) is 0 Å². The van der Waals surface area contributed by atoms with E-state index in [0.29, 0.717) is 24.8 Å². The number of hydrogen-bond donors (Lipinski definition) is 1. The number of rotatable bonds is 0. The van der Waals surface area contributed by atoms with E-state index < -0.39 is 10.8 Å². The second-order valence-corrected chi connectivity index (χ2v) is 15.5. The maximum atomic E-state index is 11.6. The molecular weight excluding hydrogens is 658 g/mol. The zero-order valence-corrected chi connectivity index (χ0v) is 33.3. The molecule has 0 aliphatic carbocycles. The van der Waals surface area contributed by atoms with Crippen LogP contribution in [0.4, 0.5) is 4.79 Å². The van der Waals surface area contributed by atoms with Crippen LogP contribution in [0.5, 0.6) is 0 Å². The van der Waals surface area contributed by atoms with Crippen LogP contribution in [-0.2, 0) is 33.6 Å². The molecular formula is C36H63N7O8. The molecule has 6 saturated heterocycles. The van der Waals surface area contributed by atoms with E-state index in [1.807, 2.05) is 53.7 Å². The normalized spacial score (nSPS) is 24.2. The van der Waals surface area contributed by atoms with Gasteiger partial charge in [-0.1, -0.05) is 0 Å². The quantitative estimate of drug-likeness (QED) is 0.372. The number of amides is 9. The van der Waals surface area contributed by atoms with Crippen molar-refractivity contribution in [3.05, 3.63) is 0 Å². The molecule has 1 N–H and O–H groups in total. The van der Waals surface area contributed by atoms with Crippen molar-refractivity contribution >= 4 is 47.4 Å². The van der Waals surface area contributed by atoms with E-state index in [2.05, 4.69) is 26.1 Å². The number of likely N-dealkylation sites (tertiary alicyclic amines) is 5. The Morgan fingerprint density at radius 1 is 0.569 bits per heavy atom. The minimum Gasteiger partial charge on any atom is -0.346 e. The second-order valence-electron chi connectivity index (χ2n) is 15.5. The summed E-state index contributed by atoms with van der Waals surface area (Å²) in [4.78, 5) is 96.0. The molecule has 0 spiro atoms. The summed E-state index contributed by atoms with van der Waals surface area (Å²) >= 11 is 0. The fraction of sp³-hybridized carbons (Fsp3) is 0.778. The topological polar surface area (TPSA) is 168 Å². The molecule has 15 heteroatoms. The maximum absolute atomic E-state index is 11.6. The van der Waals surface area contributed by atoms with Crippen LogP contribution in [0.25, 0.3) is 0 Å². The third kappa shape index (κ3) is 11.7. The average molecular weight is 722 g/mol. The van der Waals surface area contributed by atoms with E-state index in [4.69, 9.17) is 0 Å². The maximum Gasteiger partial charge on any atom is 0.317 e. The van der Waals surface area contributed by atoms with Gasteiger partial charge in [0.25, 0.3) is 0 Å². The van der Waals surface area contributed by atoms with Crippen LogP contribution in [0.15, 0.2) is 0 Å². The lowest BCUT2D eigenvalue weighted by Gasteiger charge is -2.28. The Kier molecular flexibility index (Phi) is 16.3. The molecule has 6 heterocycles. The molecule has 15 nitrogen and oxygen atoms in total. The van der Waals surface area contributed by atoms with Gasteiger partial charge in [-0.25, -0.2) is 4.79 Å². The average Bonchev–Trinajstić information content (AvgIpc) is 3.87. The van der Waals surface area contributed by atoms with Crippen LogP contribution in [0.3, 0.4) is 0 Å². The number of imide groups is 2. The fourth-order valence-electron chi connectivity index (χ4n) is 5.54. The minimum absolute atomic E-state index is 0.0417. The van der Waals surface area contributed by atoms with Crippen molar-refractivity contribution in [3.63, 3.8) is 0 Å². The molecule has 6 fully saturated rings. The standard InChI is InChI=1S/C9H15NO2.C7H13NO.C6H11NO.C5H7NO2.C5H9NO.C4H8N2O/c1-8(2)6(11)10(5)7(12)9(8,3)4;1-7(2)5-4-6(9)8(7)3;1-5-3-4-6(8)7(5)2;1-6-4(7)2-3-5(6)8;1-6-4-2-3-5(6)7;1-6-3-2-5-4(6)7/h1-5H3;4-5H2,1-3H3;5H,3-4H2,1-2H3;2-3H2,1H3;2-4H2,1H3;2-3H2,1H3,(H,5,7). The van der Waals surface area contributed by atoms with E-state index in [0.717, 1.165) is 58.2 Å². The Hall–Kier alpha value is -4.04. The predicted octanol–water partition coefficient (Wildman–Crippen LogP) is 2.33. The molecule has 1 atom stereocenters. The van der Waals surface area contributed by atoms with Gasteiger partial charge in [-0.15, -0.1) is 0 Å². The van der Waals surface area contributed by atoms with Crippen LogP contribution in [0.1, 0.15) is 99.8 Å². The Morgan fingerprint density at radius 3 is 1.20 bits per heavy atom. The summed E-state index contributed by atoms with van der Waals surface area (Å²) in [6.07, 6.45) is 6.12. The Balaban J connectivity index is 0.000000309. The number of carbonyl (C=O) groups excluding carboxylic acids is 8. The molecule has 6 aliphatic heterocycles. The molecule has 6 rings (SSSR count). The molecule has 290 valence electrons. The predicted molar refractivity (Wildman–Crippen MR) is 193 cm³/mol. The van der Waals surface area contributed by atoms with E-state index in [1.165, 1.54) is 16.8 Å². The highest BCUT2D eigenvalue weighted by atomic mass is 16.2. The Morgan fingerprint density at radius 2 is 1.08 bits per heavy atom. The van der Waals surface area contributed by atoms with Crippen molar-refractivity contribution in [2.24, 2.45) is 10.8 Å². The fourth-order valence-corrected chi connectivity index (χ4v) is 5.54. The summed E-state index contributed by atoms with van der Waals surface area (Å²) in [5.41, 5.74) is -1.03. The lowest BCUT2D eigenvalue weighted by atomic mass is 9.70. The molecule has 0 saturated carbocycles. The summed E-state index contributed by atoms with van der Waals surface area (Å²) in [5, 5.41) is 2.66. The lowest BCUT2D eigenvalue weighted by Crippen LogP contribution is -2.36. The molecule has 0 aromatic rings. The third-order valence-corrected chi connectivity index (χ3v) is 11.0. The van der Waals surface area contributed by atoms with E-state index in [9.17, 15) is 38.4 Å². The summed E-state index contributed by atoms with van der Waals surface area (Å²) in [6, 6.07) is 0.516. The van der Waals surface area contributed by atoms with Gasteiger partial charge >= 0.3 is 6.03 Å². The van der Waals surface area contributed by atoms with Crippen LogP contribution >= 0.6 is 0 Å². The Labute approximate surface area is 304 Å². The van der Waals surface area contributed by atoms with Crippen molar-refractivity contribution in [1.29, 1.82) is 0 Å². The first kappa shape index (κ1) is 45.0. The number of nitrogens with one attached hydrogen (secondary N) is 1. The number of likely N-dealkylation sites (N-methyl/N-ethyl adjacent to an activating group) is 1. The van der Waals surface area contributed by atoms with Crippen molar-refractivity contribution in [2.75, 3.05) is 61.9 Å². The van der Waals surface area contributed by atoms with Gasteiger partial charge < -0.3 is 24.9 Å². The van der Waals surface area contributed by atoms with Crippen LogP contribution in [0, 0.1) is 10.8 Å². The summed E-state index contributed by atoms with van der Waals surface area (Å²) in [7, 11) is 10.4. The number of carbonyl (C=O) groups is 8. The van der Waals surface area contributed by atoms with Gasteiger partial charge in [0.2, 0.25) is 41.4 Å². The zero-order valence-electron chi connectivity index (χ0n) is 33.3. The molecule has 51 heavy (non-hydrogen) atoms. The van der Waals surface area contributed by atoms with E-state index >= 15 is 0 Å². The van der Waals surface area contributed by atoms with Gasteiger partial charge in [0.1, 0.15) is 0 Å². The van der Waals surface area contributed by atoms with Crippen molar-refractivity contribution < 1.29 is 38.4 Å². The number of urea groups is 1. The van der Waals surface area contributed by atoms with Crippen LogP contribution in [-0.4, -0.2) is 150 Å². The zero-order chi connectivity index (χ0) is 39.6. The molecule has 0 bridgehead atoms. The molecule has 0 aromatic heterocycles. The summed E-state index contributed by atoms with van der Waals surface area (Å²) in [5.74, 6) is 0.567. The van der Waals surface area contributed by atoms with Gasteiger partial charge in [0, 0.05) is 106 Å². The largest absolute Gasteiger partial charge is 0.346 e. The highest BCUT2D eigenvalue weighted by molar-refractivity contribution is 6.08. The first-order chi connectivity index (χ1) is 23.3. The van der Waals surface area contributed by atoms with Crippen molar-refractivity contribution in [2.45, 2.75) is 111 Å². The number of nitrogens with zero attached hydrogens (tertiary/aromatic N) is 6.